The third kappa shape index (κ3) is 5.47. The van der Waals surface area contributed by atoms with E-state index in [1.807, 2.05) is 20.8 Å². The zero-order valence-corrected chi connectivity index (χ0v) is 17.5. The molecule has 28 heavy (non-hydrogen) atoms. The van der Waals surface area contributed by atoms with Gasteiger partial charge in [0, 0.05) is 12.3 Å². The average molecular weight is 392 g/mol. The number of hydrogen-bond donors (Lipinski definition) is 1. The van der Waals surface area contributed by atoms with Crippen LogP contribution in [-0.2, 0) is 14.3 Å². The summed E-state index contributed by atoms with van der Waals surface area (Å²) in [5.41, 5.74) is 0.0808. The van der Waals surface area contributed by atoms with Crippen LogP contribution < -0.4 is 10.1 Å². The molecule has 6 heteroatoms. The Balaban J connectivity index is 2.23. The zero-order valence-electron chi connectivity index (χ0n) is 17.5. The van der Waals surface area contributed by atoms with Crippen molar-refractivity contribution in [1.82, 2.24) is 0 Å². The molecule has 1 saturated carbocycles. The molecule has 1 amide bonds. The minimum Gasteiger partial charge on any atom is -0.490 e. The fourth-order valence-corrected chi connectivity index (χ4v) is 3.30. The predicted octanol–water partition coefficient (Wildman–Crippen LogP) is 4.72. The topological polar surface area (TPSA) is 73.9 Å². The van der Waals surface area contributed by atoms with Crippen LogP contribution in [-0.4, -0.2) is 36.8 Å². The molecule has 1 aromatic carbocycles. The van der Waals surface area contributed by atoms with E-state index in [0.29, 0.717) is 23.6 Å². The van der Waals surface area contributed by atoms with Crippen molar-refractivity contribution < 1.29 is 23.8 Å². The molecule has 0 unspecified atom stereocenters. The van der Waals surface area contributed by atoms with Crippen molar-refractivity contribution in [3.8, 4) is 5.75 Å². The number of amides is 1. The maximum absolute atomic E-state index is 13.0. The lowest BCUT2D eigenvalue weighted by molar-refractivity contribution is -0.140. The normalized spacial score (nSPS) is 16.4. The number of carbonyl (C=O) groups is 2. The van der Waals surface area contributed by atoms with Crippen molar-refractivity contribution in [2.45, 2.75) is 77.9 Å². The molecule has 1 N–H and O–H groups in total. The quantitative estimate of drug-likeness (QED) is 0.584. The van der Waals surface area contributed by atoms with Gasteiger partial charge in [-0.25, -0.2) is 4.79 Å². The maximum atomic E-state index is 13.0. The lowest BCUT2D eigenvalue weighted by Gasteiger charge is -2.28. The number of ether oxygens (including phenoxy) is 3. The first-order chi connectivity index (χ1) is 13.5. The molecule has 2 rings (SSSR count). The minimum absolute atomic E-state index is 0.0298. The summed E-state index contributed by atoms with van der Waals surface area (Å²) >= 11 is 0. The SMILES string of the molecule is CCCOC1(C(=O)Nc2ccc(O[C@@H](C)CC)c(C(=O)OCC)c2)CCCC1. The summed E-state index contributed by atoms with van der Waals surface area (Å²) in [5.74, 6) is -0.151. The number of carbonyl (C=O) groups excluding carboxylic acids is 2. The highest BCUT2D eigenvalue weighted by molar-refractivity contribution is 6.00. The molecule has 0 heterocycles. The Morgan fingerprint density at radius 3 is 2.50 bits per heavy atom. The van der Waals surface area contributed by atoms with Crippen LogP contribution in [0.5, 0.6) is 5.75 Å². The Bertz CT molecular complexity index is 667. The molecule has 156 valence electrons. The number of benzene rings is 1. The van der Waals surface area contributed by atoms with Crippen molar-refractivity contribution in [2.24, 2.45) is 0 Å². The minimum atomic E-state index is -0.772. The second kappa shape index (κ2) is 10.5. The van der Waals surface area contributed by atoms with Gasteiger partial charge in [-0.1, -0.05) is 13.8 Å². The fourth-order valence-electron chi connectivity index (χ4n) is 3.30. The Labute approximate surface area is 167 Å². The van der Waals surface area contributed by atoms with Crippen LogP contribution in [0.4, 0.5) is 5.69 Å². The van der Waals surface area contributed by atoms with Gasteiger partial charge in [0.2, 0.25) is 0 Å². The van der Waals surface area contributed by atoms with Gasteiger partial charge in [0.25, 0.3) is 5.91 Å². The smallest absolute Gasteiger partial charge is 0.341 e. The summed E-state index contributed by atoms with van der Waals surface area (Å²) in [6, 6.07) is 5.08. The van der Waals surface area contributed by atoms with Gasteiger partial charge in [0.1, 0.15) is 16.9 Å². The Hall–Kier alpha value is -2.08. The van der Waals surface area contributed by atoms with E-state index in [4.69, 9.17) is 14.2 Å². The lowest BCUT2D eigenvalue weighted by Crippen LogP contribution is -2.43. The van der Waals surface area contributed by atoms with Crippen molar-refractivity contribution in [1.29, 1.82) is 0 Å². The maximum Gasteiger partial charge on any atom is 0.341 e. The van der Waals surface area contributed by atoms with Gasteiger partial charge in [-0.3, -0.25) is 4.79 Å². The standard InChI is InChI=1S/C22H33NO5/c1-5-14-27-22(12-8-9-13-22)21(25)23-17-10-11-19(28-16(4)6-2)18(15-17)20(24)26-7-3/h10-11,15-16H,5-9,12-14H2,1-4H3,(H,23,25)/t16-/m0/s1. The van der Waals surface area contributed by atoms with Crippen LogP contribution >= 0.6 is 0 Å². The molecule has 0 radical (unpaired) electrons. The molecule has 0 saturated heterocycles. The second-order valence-corrected chi connectivity index (χ2v) is 7.27. The second-order valence-electron chi connectivity index (χ2n) is 7.27. The van der Waals surface area contributed by atoms with Crippen LogP contribution in [0.15, 0.2) is 18.2 Å². The third-order valence-electron chi connectivity index (χ3n) is 5.04. The summed E-state index contributed by atoms with van der Waals surface area (Å²) in [4.78, 5) is 25.4. The first-order valence-corrected chi connectivity index (χ1v) is 10.4. The first-order valence-electron chi connectivity index (χ1n) is 10.4. The Kier molecular flexibility index (Phi) is 8.30. The number of rotatable bonds is 10. The van der Waals surface area contributed by atoms with E-state index in [2.05, 4.69) is 5.32 Å². The third-order valence-corrected chi connectivity index (χ3v) is 5.04. The van der Waals surface area contributed by atoms with E-state index in [-0.39, 0.29) is 18.6 Å². The predicted molar refractivity (Wildman–Crippen MR) is 109 cm³/mol. The van der Waals surface area contributed by atoms with Crippen molar-refractivity contribution >= 4 is 17.6 Å². The van der Waals surface area contributed by atoms with Gasteiger partial charge in [0.05, 0.1) is 12.7 Å². The number of anilines is 1. The van der Waals surface area contributed by atoms with E-state index in [1.165, 1.54) is 0 Å². The van der Waals surface area contributed by atoms with Gasteiger partial charge >= 0.3 is 5.97 Å². The summed E-state index contributed by atoms with van der Waals surface area (Å²) in [6.07, 6.45) is 5.05. The molecule has 0 aliphatic heterocycles. The van der Waals surface area contributed by atoms with Crippen molar-refractivity contribution in [2.75, 3.05) is 18.5 Å². The number of hydrogen-bond acceptors (Lipinski definition) is 5. The molecule has 1 aromatic rings. The summed E-state index contributed by atoms with van der Waals surface area (Å²) in [7, 11) is 0. The summed E-state index contributed by atoms with van der Waals surface area (Å²) in [5, 5.41) is 2.94. The van der Waals surface area contributed by atoms with Crippen LogP contribution in [0, 0.1) is 0 Å². The molecule has 0 aromatic heterocycles. The van der Waals surface area contributed by atoms with E-state index < -0.39 is 11.6 Å². The van der Waals surface area contributed by atoms with Gasteiger partial charge in [-0.2, -0.15) is 0 Å². The van der Waals surface area contributed by atoms with E-state index in [1.54, 1.807) is 25.1 Å². The Morgan fingerprint density at radius 2 is 1.89 bits per heavy atom. The van der Waals surface area contributed by atoms with Crippen molar-refractivity contribution in [3.63, 3.8) is 0 Å². The highest BCUT2D eigenvalue weighted by Gasteiger charge is 2.42. The Morgan fingerprint density at radius 1 is 1.18 bits per heavy atom. The van der Waals surface area contributed by atoms with Gasteiger partial charge in [0.15, 0.2) is 0 Å². The van der Waals surface area contributed by atoms with Gasteiger partial charge in [-0.05, 0) is 70.6 Å². The lowest BCUT2D eigenvalue weighted by atomic mass is 10.0. The molecule has 1 aliphatic carbocycles. The van der Waals surface area contributed by atoms with E-state index >= 15 is 0 Å². The van der Waals surface area contributed by atoms with Gasteiger partial charge in [-0.15, -0.1) is 0 Å². The monoisotopic (exact) mass is 391 g/mol. The van der Waals surface area contributed by atoms with E-state index in [9.17, 15) is 9.59 Å². The molecule has 0 bridgehead atoms. The number of nitrogens with one attached hydrogen (secondary N) is 1. The van der Waals surface area contributed by atoms with Crippen LogP contribution in [0.1, 0.15) is 76.6 Å². The van der Waals surface area contributed by atoms with Gasteiger partial charge < -0.3 is 19.5 Å². The molecule has 1 fully saturated rings. The highest BCUT2D eigenvalue weighted by Crippen LogP contribution is 2.35. The highest BCUT2D eigenvalue weighted by atomic mass is 16.5. The van der Waals surface area contributed by atoms with E-state index in [0.717, 1.165) is 38.5 Å². The molecule has 1 atom stereocenters. The fraction of sp³-hybridized carbons (Fsp3) is 0.636. The van der Waals surface area contributed by atoms with Crippen LogP contribution in [0.25, 0.3) is 0 Å². The van der Waals surface area contributed by atoms with Crippen LogP contribution in [0.3, 0.4) is 0 Å². The molecular weight excluding hydrogens is 358 g/mol. The summed E-state index contributed by atoms with van der Waals surface area (Å²) < 4.78 is 17.0. The summed E-state index contributed by atoms with van der Waals surface area (Å²) in [6.45, 7) is 8.57. The average Bonchev–Trinajstić information content (AvgIpc) is 3.17. The largest absolute Gasteiger partial charge is 0.490 e. The molecular formula is C22H33NO5. The first kappa shape index (κ1) is 22.2. The molecule has 6 nitrogen and oxygen atoms in total. The molecule has 0 spiro atoms. The molecule has 1 aliphatic rings. The van der Waals surface area contributed by atoms with Crippen molar-refractivity contribution in [3.05, 3.63) is 23.8 Å². The van der Waals surface area contributed by atoms with Crippen LogP contribution in [0.2, 0.25) is 0 Å². The zero-order chi connectivity index (χ0) is 20.6. The number of esters is 1.